The molecule has 2 N–H and O–H groups in total. The van der Waals surface area contributed by atoms with Gasteiger partial charge in [0.1, 0.15) is 10.8 Å². The van der Waals surface area contributed by atoms with E-state index in [1.165, 1.54) is 4.88 Å². The van der Waals surface area contributed by atoms with Gasteiger partial charge in [-0.25, -0.2) is 14.4 Å². The van der Waals surface area contributed by atoms with Crippen molar-refractivity contribution in [2.24, 2.45) is 4.99 Å². The lowest BCUT2D eigenvalue weighted by Crippen LogP contribution is -2.48. The zero-order valence-electron chi connectivity index (χ0n) is 17.3. The molecule has 3 rings (SSSR count). The summed E-state index contributed by atoms with van der Waals surface area (Å²) >= 11 is 1.69. The lowest BCUT2D eigenvalue weighted by molar-refractivity contribution is 0.0513. The minimum Gasteiger partial charge on any atom is -0.381 e. The molecular weight excluding hydrogens is 502 g/mol. The van der Waals surface area contributed by atoms with Crippen LogP contribution < -0.4 is 10.6 Å². The zero-order chi connectivity index (χ0) is 20.0. The van der Waals surface area contributed by atoms with Gasteiger partial charge < -0.3 is 15.4 Å². The number of rotatable bonds is 6. The number of nitrogens with one attached hydrogen (secondary N) is 2. The van der Waals surface area contributed by atoms with Crippen LogP contribution in [0, 0.1) is 19.7 Å². The second-order valence-electron chi connectivity index (χ2n) is 7.20. The van der Waals surface area contributed by atoms with Crippen molar-refractivity contribution in [2.75, 3.05) is 26.3 Å². The van der Waals surface area contributed by atoms with E-state index in [4.69, 9.17) is 9.73 Å². The monoisotopic (exact) mass is 532 g/mol. The molecule has 0 amide bonds. The van der Waals surface area contributed by atoms with Crippen LogP contribution in [0.25, 0.3) is 0 Å². The number of aryl methyl sites for hydroxylation is 2. The van der Waals surface area contributed by atoms with E-state index in [1.54, 1.807) is 23.5 Å². The number of guanidine groups is 1. The fraction of sp³-hybridized carbons (Fsp3) is 0.524. The summed E-state index contributed by atoms with van der Waals surface area (Å²) in [5.41, 5.74) is 2.13. The Hall–Kier alpha value is -1.26. The van der Waals surface area contributed by atoms with E-state index in [1.807, 2.05) is 19.1 Å². The molecule has 0 atom stereocenters. The summed E-state index contributed by atoms with van der Waals surface area (Å²) in [4.78, 5) is 10.5. The Morgan fingerprint density at radius 3 is 2.48 bits per heavy atom. The van der Waals surface area contributed by atoms with E-state index in [0.717, 1.165) is 48.2 Å². The lowest BCUT2D eigenvalue weighted by atomic mass is 9.74. The third-order valence-corrected chi connectivity index (χ3v) is 6.35. The summed E-state index contributed by atoms with van der Waals surface area (Å²) in [6, 6.07) is 6.87. The smallest absolute Gasteiger partial charge is 0.191 e. The van der Waals surface area contributed by atoms with Crippen molar-refractivity contribution in [2.45, 2.75) is 45.6 Å². The molecule has 5 nitrogen and oxygen atoms in total. The molecule has 0 bridgehead atoms. The molecule has 0 radical (unpaired) electrons. The third kappa shape index (κ3) is 6.36. The Kier molecular flexibility index (Phi) is 9.29. The second-order valence-corrected chi connectivity index (χ2v) is 8.49. The van der Waals surface area contributed by atoms with E-state index < -0.39 is 0 Å². The van der Waals surface area contributed by atoms with Crippen LogP contribution in [0.2, 0.25) is 0 Å². The predicted octanol–water partition coefficient (Wildman–Crippen LogP) is 4.32. The minimum atomic E-state index is -0.206. The van der Waals surface area contributed by atoms with Crippen LogP contribution in [-0.4, -0.2) is 37.2 Å². The largest absolute Gasteiger partial charge is 0.381 e. The minimum absolute atomic E-state index is 0. The number of hydrogen-bond donors (Lipinski definition) is 2. The summed E-state index contributed by atoms with van der Waals surface area (Å²) in [7, 11) is 0. The molecule has 1 aromatic heterocycles. The average molecular weight is 532 g/mol. The first-order chi connectivity index (χ1) is 13.5. The SMILES string of the molecule is CCNC(=NCc1nc(C)c(C)s1)NCC1(c2ccc(F)cc2)CCOCC1.I. The Labute approximate surface area is 193 Å². The summed E-state index contributed by atoms with van der Waals surface area (Å²) in [5, 5.41) is 7.84. The number of thiazole rings is 1. The lowest BCUT2D eigenvalue weighted by Gasteiger charge is -2.38. The quantitative estimate of drug-likeness (QED) is 0.331. The Balaban J connectivity index is 0.00000300. The van der Waals surface area contributed by atoms with Gasteiger partial charge in [-0.05, 0) is 51.3 Å². The third-order valence-electron chi connectivity index (χ3n) is 5.29. The van der Waals surface area contributed by atoms with Crippen molar-refractivity contribution >= 4 is 41.3 Å². The summed E-state index contributed by atoms with van der Waals surface area (Å²) in [5.74, 6) is 0.573. The fourth-order valence-electron chi connectivity index (χ4n) is 3.48. The highest BCUT2D eigenvalue weighted by Crippen LogP contribution is 2.34. The van der Waals surface area contributed by atoms with Crippen molar-refractivity contribution in [1.82, 2.24) is 15.6 Å². The highest BCUT2D eigenvalue weighted by atomic mass is 127. The number of ether oxygens (including phenoxy) is 1. The summed E-state index contributed by atoms with van der Waals surface area (Å²) in [6.07, 6.45) is 1.80. The molecule has 2 heterocycles. The number of aromatic nitrogens is 1. The van der Waals surface area contributed by atoms with Gasteiger partial charge in [0, 0.05) is 36.6 Å². The first kappa shape index (κ1) is 24.0. The average Bonchev–Trinajstić information content (AvgIpc) is 3.03. The van der Waals surface area contributed by atoms with Crippen molar-refractivity contribution in [3.8, 4) is 0 Å². The molecule has 8 heteroatoms. The van der Waals surface area contributed by atoms with Crippen molar-refractivity contribution in [3.63, 3.8) is 0 Å². The maximum Gasteiger partial charge on any atom is 0.191 e. The van der Waals surface area contributed by atoms with Gasteiger partial charge in [0.2, 0.25) is 0 Å². The van der Waals surface area contributed by atoms with Crippen LogP contribution in [0.15, 0.2) is 29.3 Å². The second kappa shape index (κ2) is 11.2. The summed E-state index contributed by atoms with van der Waals surface area (Å²) in [6.45, 7) is 9.66. The number of benzene rings is 1. The molecule has 0 spiro atoms. The molecule has 0 saturated carbocycles. The van der Waals surface area contributed by atoms with E-state index >= 15 is 0 Å². The fourth-order valence-corrected chi connectivity index (χ4v) is 4.34. The predicted molar refractivity (Wildman–Crippen MR) is 128 cm³/mol. The standard InChI is InChI=1S/C21H29FN4OS.HI/c1-4-23-20(24-13-19-26-15(2)16(3)28-19)25-14-21(9-11-27-12-10-21)17-5-7-18(22)8-6-17;/h5-8H,4,9-14H2,1-3H3,(H2,23,24,25);1H. The normalized spacial score (nSPS) is 16.2. The van der Waals surface area contributed by atoms with E-state index in [-0.39, 0.29) is 35.2 Å². The Bertz CT molecular complexity index is 784. The van der Waals surface area contributed by atoms with Crippen molar-refractivity contribution < 1.29 is 9.13 Å². The topological polar surface area (TPSA) is 58.5 Å². The molecule has 0 unspecified atom stereocenters. The van der Waals surface area contributed by atoms with Crippen molar-refractivity contribution in [1.29, 1.82) is 0 Å². The molecular formula is C21H30FIN4OS. The van der Waals surface area contributed by atoms with Crippen LogP contribution in [0.4, 0.5) is 4.39 Å². The van der Waals surface area contributed by atoms with Crippen LogP contribution in [0.5, 0.6) is 0 Å². The molecule has 1 aliphatic rings. The van der Waals surface area contributed by atoms with Crippen molar-refractivity contribution in [3.05, 3.63) is 51.2 Å². The van der Waals surface area contributed by atoms with Crippen LogP contribution in [-0.2, 0) is 16.7 Å². The molecule has 1 aliphatic heterocycles. The Morgan fingerprint density at radius 1 is 1.21 bits per heavy atom. The first-order valence-electron chi connectivity index (χ1n) is 9.81. The zero-order valence-corrected chi connectivity index (χ0v) is 20.4. The first-order valence-corrected chi connectivity index (χ1v) is 10.6. The molecule has 1 saturated heterocycles. The van der Waals surface area contributed by atoms with Gasteiger partial charge in [-0.15, -0.1) is 35.3 Å². The van der Waals surface area contributed by atoms with Gasteiger partial charge >= 0.3 is 0 Å². The molecule has 160 valence electrons. The van der Waals surface area contributed by atoms with Crippen LogP contribution >= 0.6 is 35.3 Å². The van der Waals surface area contributed by atoms with Gasteiger partial charge in [0.25, 0.3) is 0 Å². The molecule has 1 aromatic carbocycles. The van der Waals surface area contributed by atoms with E-state index in [9.17, 15) is 4.39 Å². The maximum absolute atomic E-state index is 13.4. The molecule has 29 heavy (non-hydrogen) atoms. The van der Waals surface area contributed by atoms with Gasteiger partial charge in [0.15, 0.2) is 5.96 Å². The summed E-state index contributed by atoms with van der Waals surface area (Å²) < 4.78 is 19.0. The van der Waals surface area contributed by atoms with Crippen LogP contribution in [0.1, 0.15) is 40.9 Å². The molecule has 0 aliphatic carbocycles. The van der Waals surface area contributed by atoms with Gasteiger partial charge in [-0.2, -0.15) is 0 Å². The number of aliphatic imine (C=N–C) groups is 1. The maximum atomic E-state index is 13.4. The highest BCUT2D eigenvalue weighted by molar-refractivity contribution is 14.0. The molecule has 2 aromatic rings. The van der Waals surface area contributed by atoms with Gasteiger partial charge in [0.05, 0.1) is 12.2 Å². The number of hydrogen-bond acceptors (Lipinski definition) is 4. The molecule has 1 fully saturated rings. The van der Waals surface area contributed by atoms with Gasteiger partial charge in [-0.3, -0.25) is 0 Å². The number of nitrogens with zero attached hydrogens (tertiary/aromatic N) is 2. The Morgan fingerprint density at radius 2 is 1.90 bits per heavy atom. The highest BCUT2D eigenvalue weighted by Gasteiger charge is 2.34. The van der Waals surface area contributed by atoms with Gasteiger partial charge in [-0.1, -0.05) is 12.1 Å². The van der Waals surface area contributed by atoms with E-state index in [2.05, 4.69) is 29.5 Å². The number of halogens is 2. The van der Waals surface area contributed by atoms with E-state index in [0.29, 0.717) is 19.8 Å². The van der Waals surface area contributed by atoms with Crippen LogP contribution in [0.3, 0.4) is 0 Å².